The molecular weight excluding hydrogens is 229 g/mol. The summed E-state index contributed by atoms with van der Waals surface area (Å²) in [7, 11) is 0. The van der Waals surface area contributed by atoms with Crippen LogP contribution in [0.1, 0.15) is 31.2 Å². The van der Waals surface area contributed by atoms with Crippen LogP contribution in [0.2, 0.25) is 0 Å². The molecule has 1 aromatic carbocycles. The average Bonchev–Trinajstić information content (AvgIpc) is 2.81. The van der Waals surface area contributed by atoms with Gasteiger partial charge in [-0.25, -0.2) is 9.38 Å². The van der Waals surface area contributed by atoms with E-state index in [9.17, 15) is 4.39 Å². The number of guanidine groups is 1. The molecule has 4 heteroatoms. The SMILES string of the molecule is Fc1ccc(CNC2=NC3CCCCC3N2)cc1. The molecule has 2 N–H and O–H groups in total. The van der Waals surface area contributed by atoms with E-state index in [-0.39, 0.29) is 5.82 Å². The monoisotopic (exact) mass is 247 g/mol. The molecule has 0 amide bonds. The molecule has 0 saturated heterocycles. The fourth-order valence-electron chi connectivity index (χ4n) is 2.70. The minimum Gasteiger partial charge on any atom is -0.352 e. The Morgan fingerprint density at radius 3 is 2.78 bits per heavy atom. The zero-order valence-electron chi connectivity index (χ0n) is 10.3. The predicted molar refractivity (Wildman–Crippen MR) is 69.9 cm³/mol. The number of hydrogen-bond donors (Lipinski definition) is 2. The zero-order valence-corrected chi connectivity index (χ0v) is 10.3. The zero-order chi connectivity index (χ0) is 12.4. The second-order valence-electron chi connectivity index (χ2n) is 5.06. The lowest BCUT2D eigenvalue weighted by molar-refractivity contribution is 0.384. The van der Waals surface area contributed by atoms with Gasteiger partial charge in [-0.1, -0.05) is 25.0 Å². The number of benzene rings is 1. The molecule has 2 aliphatic rings. The van der Waals surface area contributed by atoms with Crippen molar-refractivity contribution >= 4 is 5.96 Å². The van der Waals surface area contributed by atoms with Gasteiger partial charge < -0.3 is 10.6 Å². The molecule has 2 unspecified atom stereocenters. The van der Waals surface area contributed by atoms with E-state index in [1.165, 1.54) is 37.8 Å². The molecule has 1 saturated carbocycles. The van der Waals surface area contributed by atoms with Gasteiger partial charge in [0.1, 0.15) is 5.82 Å². The van der Waals surface area contributed by atoms with Gasteiger partial charge >= 0.3 is 0 Å². The molecule has 0 radical (unpaired) electrons. The van der Waals surface area contributed by atoms with E-state index in [0.717, 1.165) is 11.5 Å². The smallest absolute Gasteiger partial charge is 0.192 e. The normalized spacial score (nSPS) is 26.2. The fourth-order valence-corrected chi connectivity index (χ4v) is 2.70. The molecule has 1 aliphatic heterocycles. The van der Waals surface area contributed by atoms with Crippen LogP contribution in [-0.4, -0.2) is 18.0 Å². The summed E-state index contributed by atoms with van der Waals surface area (Å²) in [5.74, 6) is 0.706. The molecule has 1 fully saturated rings. The van der Waals surface area contributed by atoms with Gasteiger partial charge in [-0.15, -0.1) is 0 Å². The lowest BCUT2D eigenvalue weighted by Gasteiger charge is -2.23. The molecule has 18 heavy (non-hydrogen) atoms. The summed E-state index contributed by atoms with van der Waals surface area (Å²) in [6, 6.07) is 7.54. The van der Waals surface area contributed by atoms with Crippen molar-refractivity contribution in [2.24, 2.45) is 4.99 Å². The lowest BCUT2D eigenvalue weighted by atomic mass is 9.92. The summed E-state index contributed by atoms with van der Waals surface area (Å²) < 4.78 is 12.8. The number of halogens is 1. The molecule has 1 aromatic rings. The Labute approximate surface area is 106 Å². The summed E-state index contributed by atoms with van der Waals surface area (Å²) in [5, 5.41) is 6.73. The number of fused-ring (bicyclic) bond motifs is 1. The van der Waals surface area contributed by atoms with Gasteiger partial charge in [0.05, 0.1) is 12.1 Å². The molecular formula is C14H18FN3. The minimum absolute atomic E-state index is 0.193. The van der Waals surface area contributed by atoms with E-state index in [4.69, 9.17) is 0 Å². The second kappa shape index (κ2) is 4.96. The Morgan fingerprint density at radius 1 is 1.22 bits per heavy atom. The first-order valence-corrected chi connectivity index (χ1v) is 6.64. The fraction of sp³-hybridized carbons (Fsp3) is 0.500. The molecule has 0 aromatic heterocycles. The van der Waals surface area contributed by atoms with Crippen molar-refractivity contribution < 1.29 is 4.39 Å². The van der Waals surface area contributed by atoms with Gasteiger partial charge in [0.25, 0.3) is 0 Å². The van der Waals surface area contributed by atoms with Crippen LogP contribution in [0.5, 0.6) is 0 Å². The van der Waals surface area contributed by atoms with Gasteiger partial charge in [-0.05, 0) is 30.5 Å². The minimum atomic E-state index is -0.193. The van der Waals surface area contributed by atoms with Crippen LogP contribution < -0.4 is 10.6 Å². The van der Waals surface area contributed by atoms with E-state index in [1.54, 1.807) is 12.1 Å². The molecule has 2 atom stereocenters. The van der Waals surface area contributed by atoms with E-state index < -0.39 is 0 Å². The van der Waals surface area contributed by atoms with Crippen molar-refractivity contribution in [3.05, 3.63) is 35.6 Å². The largest absolute Gasteiger partial charge is 0.352 e. The quantitative estimate of drug-likeness (QED) is 0.840. The summed E-state index contributed by atoms with van der Waals surface area (Å²) in [4.78, 5) is 4.66. The maximum Gasteiger partial charge on any atom is 0.192 e. The number of rotatable bonds is 2. The van der Waals surface area contributed by atoms with Crippen LogP contribution in [0, 0.1) is 5.82 Å². The van der Waals surface area contributed by atoms with Crippen molar-refractivity contribution in [2.75, 3.05) is 0 Å². The van der Waals surface area contributed by atoms with Gasteiger partial charge in [-0.2, -0.15) is 0 Å². The number of nitrogens with zero attached hydrogens (tertiary/aromatic N) is 1. The third-order valence-corrected chi connectivity index (χ3v) is 3.72. The highest BCUT2D eigenvalue weighted by molar-refractivity contribution is 5.82. The van der Waals surface area contributed by atoms with Crippen LogP contribution in [0.15, 0.2) is 29.3 Å². The Morgan fingerprint density at radius 2 is 2.00 bits per heavy atom. The third kappa shape index (κ3) is 2.47. The standard InChI is InChI=1S/C14H18FN3/c15-11-7-5-10(6-8-11)9-16-14-17-12-3-1-2-4-13(12)18-14/h5-8,12-13H,1-4,9H2,(H2,16,17,18). The van der Waals surface area contributed by atoms with Crippen molar-refractivity contribution in [1.82, 2.24) is 10.6 Å². The molecule has 1 aliphatic carbocycles. The maximum atomic E-state index is 12.8. The summed E-state index contributed by atoms with van der Waals surface area (Å²) in [6.45, 7) is 0.686. The number of hydrogen-bond acceptors (Lipinski definition) is 3. The highest BCUT2D eigenvalue weighted by Gasteiger charge is 2.30. The van der Waals surface area contributed by atoms with E-state index in [0.29, 0.717) is 18.6 Å². The topological polar surface area (TPSA) is 36.4 Å². The van der Waals surface area contributed by atoms with Crippen molar-refractivity contribution in [3.8, 4) is 0 Å². The van der Waals surface area contributed by atoms with Crippen molar-refractivity contribution in [2.45, 2.75) is 44.3 Å². The number of nitrogens with one attached hydrogen (secondary N) is 2. The van der Waals surface area contributed by atoms with E-state index >= 15 is 0 Å². The highest BCUT2D eigenvalue weighted by Crippen LogP contribution is 2.24. The Kier molecular flexibility index (Phi) is 3.17. The Balaban J connectivity index is 1.56. The van der Waals surface area contributed by atoms with Crippen molar-refractivity contribution in [3.63, 3.8) is 0 Å². The van der Waals surface area contributed by atoms with E-state index in [1.807, 2.05) is 0 Å². The first kappa shape index (κ1) is 11.5. The van der Waals surface area contributed by atoms with Gasteiger partial charge in [0.2, 0.25) is 0 Å². The molecule has 1 heterocycles. The molecule has 3 nitrogen and oxygen atoms in total. The van der Waals surface area contributed by atoms with Crippen molar-refractivity contribution in [1.29, 1.82) is 0 Å². The average molecular weight is 247 g/mol. The van der Waals surface area contributed by atoms with Gasteiger partial charge in [0, 0.05) is 6.54 Å². The summed E-state index contributed by atoms with van der Waals surface area (Å²) in [5.41, 5.74) is 1.07. The number of aliphatic imine (C=N–C) groups is 1. The lowest BCUT2D eigenvalue weighted by Crippen LogP contribution is -2.41. The van der Waals surface area contributed by atoms with Crippen LogP contribution >= 0.6 is 0 Å². The molecule has 96 valence electrons. The first-order chi connectivity index (χ1) is 8.81. The second-order valence-corrected chi connectivity index (χ2v) is 5.06. The molecule has 3 rings (SSSR count). The van der Waals surface area contributed by atoms with Gasteiger partial charge in [-0.3, -0.25) is 0 Å². The first-order valence-electron chi connectivity index (χ1n) is 6.64. The summed E-state index contributed by atoms with van der Waals surface area (Å²) >= 11 is 0. The highest BCUT2D eigenvalue weighted by atomic mass is 19.1. The molecule has 0 bridgehead atoms. The Hall–Kier alpha value is -1.58. The van der Waals surface area contributed by atoms with E-state index in [2.05, 4.69) is 15.6 Å². The van der Waals surface area contributed by atoms with Crippen LogP contribution in [0.4, 0.5) is 4.39 Å². The third-order valence-electron chi connectivity index (χ3n) is 3.72. The van der Waals surface area contributed by atoms with Crippen LogP contribution in [-0.2, 0) is 6.54 Å². The Bertz CT molecular complexity index is 441. The van der Waals surface area contributed by atoms with Crippen LogP contribution in [0.3, 0.4) is 0 Å². The van der Waals surface area contributed by atoms with Crippen LogP contribution in [0.25, 0.3) is 0 Å². The predicted octanol–water partition coefficient (Wildman–Crippen LogP) is 2.19. The summed E-state index contributed by atoms with van der Waals surface area (Å²) in [6.07, 6.45) is 5.00. The maximum absolute atomic E-state index is 12.8. The van der Waals surface area contributed by atoms with Gasteiger partial charge in [0.15, 0.2) is 5.96 Å². The molecule has 0 spiro atoms.